The number of nitrogens with one attached hydrogen (secondary N) is 1. The summed E-state index contributed by atoms with van der Waals surface area (Å²) >= 11 is 0. The van der Waals surface area contributed by atoms with E-state index in [4.69, 9.17) is 9.57 Å². The van der Waals surface area contributed by atoms with Gasteiger partial charge in [0.1, 0.15) is 11.6 Å². The predicted molar refractivity (Wildman–Crippen MR) is 113 cm³/mol. The average Bonchev–Trinajstić information content (AvgIpc) is 2.68. The highest BCUT2D eigenvalue weighted by Gasteiger charge is 2.38. The third-order valence-electron chi connectivity index (χ3n) is 5.32. The largest absolute Gasteiger partial charge is 0.444 e. The zero-order valence-electron chi connectivity index (χ0n) is 19.1. The number of urea groups is 1. The van der Waals surface area contributed by atoms with Crippen LogP contribution in [0.4, 0.5) is 9.59 Å². The fourth-order valence-electron chi connectivity index (χ4n) is 3.66. The number of likely N-dealkylation sites (tertiary alicyclic amines) is 1. The number of hydroxylamine groups is 2. The SMILES string of the molecule is CCCCON1CC[C@@H](C(=O)NC2CCN(C(=O)OC(C)(C)C)CC2)N(CC)C1=O. The molecule has 2 aliphatic heterocycles. The molecule has 30 heavy (non-hydrogen) atoms. The van der Waals surface area contributed by atoms with Gasteiger partial charge in [0.25, 0.3) is 0 Å². The molecule has 2 heterocycles. The maximum Gasteiger partial charge on any atom is 0.410 e. The van der Waals surface area contributed by atoms with Crippen molar-refractivity contribution in [2.45, 2.75) is 84.4 Å². The van der Waals surface area contributed by atoms with Crippen LogP contribution in [0.25, 0.3) is 0 Å². The van der Waals surface area contributed by atoms with E-state index in [1.165, 1.54) is 5.06 Å². The quantitative estimate of drug-likeness (QED) is 0.632. The molecule has 0 spiro atoms. The Balaban J connectivity index is 1.83. The van der Waals surface area contributed by atoms with Crippen molar-refractivity contribution >= 4 is 18.0 Å². The summed E-state index contributed by atoms with van der Waals surface area (Å²) in [5.74, 6) is -0.130. The number of likely N-dealkylation sites (N-methyl/N-ethyl adjacent to an activating group) is 1. The molecule has 0 radical (unpaired) electrons. The van der Waals surface area contributed by atoms with Gasteiger partial charge < -0.3 is 19.9 Å². The molecule has 1 atom stereocenters. The maximum absolute atomic E-state index is 12.9. The van der Waals surface area contributed by atoms with Gasteiger partial charge >= 0.3 is 12.1 Å². The van der Waals surface area contributed by atoms with E-state index >= 15 is 0 Å². The van der Waals surface area contributed by atoms with Crippen molar-refractivity contribution in [3.8, 4) is 0 Å². The van der Waals surface area contributed by atoms with Crippen molar-refractivity contribution < 1.29 is 24.0 Å². The maximum atomic E-state index is 12.9. The van der Waals surface area contributed by atoms with Gasteiger partial charge in [-0.25, -0.2) is 14.7 Å². The lowest BCUT2D eigenvalue weighted by Gasteiger charge is -2.40. The summed E-state index contributed by atoms with van der Waals surface area (Å²) in [7, 11) is 0. The summed E-state index contributed by atoms with van der Waals surface area (Å²) in [6, 6.07) is -0.749. The van der Waals surface area contributed by atoms with Crippen LogP contribution < -0.4 is 5.32 Å². The fraction of sp³-hybridized carbons (Fsp3) is 0.857. The molecular weight excluding hydrogens is 388 g/mol. The molecule has 0 aromatic rings. The van der Waals surface area contributed by atoms with E-state index in [-0.39, 0.29) is 24.1 Å². The molecule has 2 aliphatic rings. The van der Waals surface area contributed by atoms with Crippen LogP contribution >= 0.6 is 0 Å². The molecule has 0 bridgehead atoms. The number of carbonyl (C=O) groups excluding carboxylic acids is 3. The van der Waals surface area contributed by atoms with E-state index < -0.39 is 11.6 Å². The van der Waals surface area contributed by atoms with E-state index in [9.17, 15) is 14.4 Å². The third kappa shape index (κ3) is 6.75. The molecule has 9 heteroatoms. The molecule has 0 saturated carbocycles. The molecule has 2 fully saturated rings. The zero-order valence-corrected chi connectivity index (χ0v) is 19.1. The minimum atomic E-state index is -0.520. The summed E-state index contributed by atoms with van der Waals surface area (Å²) in [5, 5.41) is 4.45. The number of rotatable bonds is 7. The number of unbranched alkanes of at least 4 members (excludes halogenated alkanes) is 1. The molecular formula is C21H38N4O5. The standard InChI is InChI=1S/C21H38N4O5/c1-6-8-15-29-25-14-11-17(24(7-2)19(25)27)18(26)22-16-9-12-23(13-10-16)20(28)30-21(3,4)5/h16-17H,6-15H2,1-5H3,(H,22,26)/t17-/m0/s1. The smallest absolute Gasteiger partial charge is 0.410 e. The van der Waals surface area contributed by atoms with Gasteiger partial charge in [0.2, 0.25) is 5.91 Å². The molecule has 2 rings (SSSR count). The van der Waals surface area contributed by atoms with Crippen LogP contribution in [0.1, 0.15) is 66.7 Å². The molecule has 0 aromatic carbocycles. The van der Waals surface area contributed by atoms with Crippen LogP contribution in [-0.4, -0.2) is 83.4 Å². The highest BCUT2D eigenvalue weighted by Crippen LogP contribution is 2.19. The van der Waals surface area contributed by atoms with Crippen molar-refractivity contribution in [1.82, 2.24) is 20.2 Å². The van der Waals surface area contributed by atoms with Gasteiger partial charge in [-0.2, -0.15) is 0 Å². The van der Waals surface area contributed by atoms with Crippen LogP contribution in [0, 0.1) is 0 Å². The Morgan fingerprint density at radius 2 is 1.77 bits per heavy atom. The van der Waals surface area contributed by atoms with E-state index in [1.807, 2.05) is 27.7 Å². The highest BCUT2D eigenvalue weighted by atomic mass is 16.7. The van der Waals surface area contributed by atoms with E-state index in [0.29, 0.717) is 52.0 Å². The Bertz CT molecular complexity index is 599. The van der Waals surface area contributed by atoms with Crippen molar-refractivity contribution in [2.75, 3.05) is 32.8 Å². The number of nitrogens with zero attached hydrogens (tertiary/aromatic N) is 3. The second-order valence-corrected chi connectivity index (χ2v) is 8.91. The summed E-state index contributed by atoms with van der Waals surface area (Å²) in [4.78, 5) is 46.6. The van der Waals surface area contributed by atoms with Gasteiger partial charge in [-0.3, -0.25) is 9.63 Å². The second kappa shape index (κ2) is 10.8. The van der Waals surface area contributed by atoms with Crippen molar-refractivity contribution in [1.29, 1.82) is 0 Å². The Morgan fingerprint density at radius 3 is 2.33 bits per heavy atom. The second-order valence-electron chi connectivity index (χ2n) is 8.91. The van der Waals surface area contributed by atoms with Crippen LogP contribution in [0.5, 0.6) is 0 Å². The summed E-state index contributed by atoms with van der Waals surface area (Å²) in [6.45, 7) is 11.9. The highest BCUT2D eigenvalue weighted by molar-refractivity contribution is 5.88. The van der Waals surface area contributed by atoms with Crippen LogP contribution in [0.15, 0.2) is 0 Å². The first kappa shape index (κ1) is 24.2. The minimum Gasteiger partial charge on any atom is -0.444 e. The normalized spacial score (nSPS) is 21.0. The third-order valence-corrected chi connectivity index (χ3v) is 5.32. The van der Waals surface area contributed by atoms with Gasteiger partial charge in [0, 0.05) is 25.7 Å². The molecule has 9 nitrogen and oxygen atoms in total. The summed E-state index contributed by atoms with van der Waals surface area (Å²) in [5.41, 5.74) is -0.520. The molecule has 1 N–H and O–H groups in total. The molecule has 0 aliphatic carbocycles. The Kier molecular flexibility index (Phi) is 8.76. The first-order chi connectivity index (χ1) is 14.2. The lowest BCUT2D eigenvalue weighted by molar-refractivity contribution is -0.151. The number of ether oxygens (including phenoxy) is 1. The van der Waals surface area contributed by atoms with E-state index in [1.54, 1.807) is 9.80 Å². The number of amides is 4. The van der Waals surface area contributed by atoms with Crippen LogP contribution in [0.2, 0.25) is 0 Å². The molecule has 0 unspecified atom stereocenters. The molecule has 4 amide bonds. The molecule has 0 aromatic heterocycles. The minimum absolute atomic E-state index is 0.0103. The predicted octanol–water partition coefficient (Wildman–Crippen LogP) is 2.75. The van der Waals surface area contributed by atoms with Crippen LogP contribution in [0.3, 0.4) is 0 Å². The number of piperidine rings is 1. The van der Waals surface area contributed by atoms with Gasteiger partial charge in [0.05, 0.1) is 13.2 Å². The number of hydrogen-bond donors (Lipinski definition) is 1. The first-order valence-corrected chi connectivity index (χ1v) is 11.2. The topological polar surface area (TPSA) is 91.4 Å². The monoisotopic (exact) mass is 426 g/mol. The Hall–Kier alpha value is -2.03. The Morgan fingerprint density at radius 1 is 1.10 bits per heavy atom. The average molecular weight is 427 g/mol. The lowest BCUT2D eigenvalue weighted by atomic mass is 10.0. The zero-order chi connectivity index (χ0) is 22.3. The van der Waals surface area contributed by atoms with Crippen molar-refractivity contribution in [2.24, 2.45) is 0 Å². The van der Waals surface area contributed by atoms with Gasteiger partial charge in [-0.05, 0) is 53.4 Å². The molecule has 172 valence electrons. The fourth-order valence-corrected chi connectivity index (χ4v) is 3.66. The van der Waals surface area contributed by atoms with E-state index in [0.717, 1.165) is 12.8 Å². The van der Waals surface area contributed by atoms with Gasteiger partial charge in [-0.15, -0.1) is 0 Å². The molecule has 2 saturated heterocycles. The first-order valence-electron chi connectivity index (χ1n) is 11.2. The number of hydrogen-bond acceptors (Lipinski definition) is 5. The number of carbonyl (C=O) groups is 3. The van der Waals surface area contributed by atoms with E-state index in [2.05, 4.69) is 12.2 Å². The summed E-state index contributed by atoms with van der Waals surface area (Å²) in [6.07, 6.45) is 3.45. The summed E-state index contributed by atoms with van der Waals surface area (Å²) < 4.78 is 5.41. The van der Waals surface area contributed by atoms with Crippen molar-refractivity contribution in [3.05, 3.63) is 0 Å². The van der Waals surface area contributed by atoms with Gasteiger partial charge in [0.15, 0.2) is 0 Å². The van der Waals surface area contributed by atoms with Gasteiger partial charge in [-0.1, -0.05) is 13.3 Å². The lowest BCUT2D eigenvalue weighted by Crippen LogP contribution is -2.60. The van der Waals surface area contributed by atoms with Crippen molar-refractivity contribution in [3.63, 3.8) is 0 Å². The Labute approximate surface area is 180 Å². The van der Waals surface area contributed by atoms with Crippen LogP contribution in [-0.2, 0) is 14.4 Å².